The van der Waals surface area contributed by atoms with Gasteiger partial charge in [0.25, 0.3) is 0 Å². The van der Waals surface area contributed by atoms with E-state index in [1.165, 1.54) is 0 Å². The Morgan fingerprint density at radius 2 is 1.79 bits per heavy atom. The first-order chi connectivity index (χ1) is 13.3. The van der Waals surface area contributed by atoms with E-state index in [-0.39, 0.29) is 12.5 Å². The van der Waals surface area contributed by atoms with Crippen molar-refractivity contribution in [3.05, 3.63) is 57.6 Å². The van der Waals surface area contributed by atoms with Crippen molar-refractivity contribution in [1.82, 2.24) is 5.32 Å². The van der Waals surface area contributed by atoms with Crippen LogP contribution >= 0.6 is 23.2 Å². The van der Waals surface area contributed by atoms with Crippen molar-refractivity contribution < 1.29 is 19.4 Å². The second-order valence-corrected chi connectivity index (χ2v) is 7.46. The third-order valence-electron chi connectivity index (χ3n) is 4.20. The average molecular weight is 426 g/mol. The molecule has 0 bridgehead atoms. The maximum absolute atomic E-state index is 11.3. The van der Waals surface area contributed by atoms with Crippen LogP contribution < -0.4 is 14.8 Å². The number of hydrogen-bond donors (Lipinski definition) is 2. The van der Waals surface area contributed by atoms with E-state index in [2.05, 4.69) is 5.32 Å². The first kappa shape index (κ1) is 22.3. The van der Waals surface area contributed by atoms with E-state index in [9.17, 15) is 9.90 Å². The summed E-state index contributed by atoms with van der Waals surface area (Å²) >= 11 is 12.4. The molecule has 2 aromatic carbocycles. The van der Waals surface area contributed by atoms with Gasteiger partial charge in [-0.1, -0.05) is 49.2 Å². The predicted molar refractivity (Wildman–Crippen MR) is 112 cm³/mol. The monoisotopic (exact) mass is 425 g/mol. The van der Waals surface area contributed by atoms with Crippen molar-refractivity contribution in [3.8, 4) is 11.5 Å². The first-order valence-corrected chi connectivity index (χ1v) is 9.86. The summed E-state index contributed by atoms with van der Waals surface area (Å²) in [5.74, 6) is 0.269. The molecule has 0 saturated carbocycles. The second-order valence-electron chi connectivity index (χ2n) is 6.64. The van der Waals surface area contributed by atoms with Crippen LogP contribution in [-0.4, -0.2) is 23.7 Å². The lowest BCUT2D eigenvalue weighted by Crippen LogP contribution is -2.40. The lowest BCUT2D eigenvalue weighted by Gasteiger charge is -2.19. The third-order valence-corrected chi connectivity index (χ3v) is 4.91. The van der Waals surface area contributed by atoms with Crippen LogP contribution in [0.25, 0.3) is 0 Å². The van der Waals surface area contributed by atoms with Crippen LogP contribution in [0.2, 0.25) is 10.0 Å². The third kappa shape index (κ3) is 6.03. The summed E-state index contributed by atoms with van der Waals surface area (Å²) in [4.78, 5) is 11.3. The van der Waals surface area contributed by atoms with Gasteiger partial charge in [-0.05, 0) is 42.7 Å². The van der Waals surface area contributed by atoms with Crippen LogP contribution in [0.1, 0.15) is 31.9 Å². The molecule has 0 fully saturated rings. The Kier molecular flexibility index (Phi) is 8.42. The number of rotatable bonds is 10. The highest BCUT2D eigenvalue weighted by molar-refractivity contribution is 6.35. The molecule has 1 atom stereocenters. The second kappa shape index (κ2) is 10.6. The number of benzene rings is 2. The molecular formula is C21H25Cl2NO4. The fraction of sp³-hybridized carbons (Fsp3) is 0.381. The number of carboxylic acid groups (broad SMARTS) is 1. The first-order valence-electron chi connectivity index (χ1n) is 9.11. The Morgan fingerprint density at radius 1 is 1.11 bits per heavy atom. The van der Waals surface area contributed by atoms with Gasteiger partial charge >= 0.3 is 5.97 Å². The number of halogens is 2. The Morgan fingerprint density at radius 3 is 2.36 bits per heavy atom. The fourth-order valence-corrected chi connectivity index (χ4v) is 3.21. The van der Waals surface area contributed by atoms with Gasteiger partial charge < -0.3 is 19.9 Å². The molecule has 2 rings (SSSR count). The van der Waals surface area contributed by atoms with Crippen molar-refractivity contribution in [2.24, 2.45) is 5.92 Å². The summed E-state index contributed by atoms with van der Waals surface area (Å²) in [6, 6.07) is 10.2. The summed E-state index contributed by atoms with van der Waals surface area (Å²) in [5.41, 5.74) is 1.61. The molecule has 0 aliphatic carbocycles. The number of carboxylic acids is 1. The van der Waals surface area contributed by atoms with E-state index in [4.69, 9.17) is 32.7 Å². The summed E-state index contributed by atoms with van der Waals surface area (Å²) in [7, 11) is 0. The zero-order valence-electron chi connectivity index (χ0n) is 16.2. The standard InChI is InChI=1S/C21H25Cl2NO4/c1-4-27-19-10-14(11-24-20(13(2)3)21(25)26)8-9-18(19)28-12-15-16(22)6-5-7-17(15)23/h5-10,13,20,24H,4,11-12H2,1-3H3,(H,25,26). The number of hydrogen-bond acceptors (Lipinski definition) is 4. The van der Waals surface area contributed by atoms with Gasteiger partial charge in [0.2, 0.25) is 0 Å². The highest BCUT2D eigenvalue weighted by Crippen LogP contribution is 2.31. The summed E-state index contributed by atoms with van der Waals surface area (Å²) in [5, 5.41) is 13.4. The van der Waals surface area contributed by atoms with Gasteiger partial charge in [0.15, 0.2) is 11.5 Å². The molecule has 0 amide bonds. The minimum Gasteiger partial charge on any atom is -0.490 e. The minimum atomic E-state index is -0.864. The number of nitrogens with one attached hydrogen (secondary N) is 1. The van der Waals surface area contributed by atoms with E-state index < -0.39 is 12.0 Å². The average Bonchev–Trinajstić information content (AvgIpc) is 2.62. The Hall–Kier alpha value is -1.95. The molecular weight excluding hydrogens is 401 g/mol. The van der Waals surface area contributed by atoms with E-state index >= 15 is 0 Å². The summed E-state index contributed by atoms with van der Waals surface area (Å²) in [6.45, 7) is 6.72. The normalized spacial score (nSPS) is 12.1. The molecule has 2 N–H and O–H groups in total. The van der Waals surface area contributed by atoms with Crippen molar-refractivity contribution in [1.29, 1.82) is 0 Å². The topological polar surface area (TPSA) is 67.8 Å². The van der Waals surface area contributed by atoms with Gasteiger partial charge in [-0.15, -0.1) is 0 Å². The molecule has 28 heavy (non-hydrogen) atoms. The van der Waals surface area contributed by atoms with Crippen molar-refractivity contribution in [2.75, 3.05) is 6.61 Å². The smallest absolute Gasteiger partial charge is 0.320 e. The molecule has 0 aromatic heterocycles. The molecule has 0 spiro atoms. The van der Waals surface area contributed by atoms with Gasteiger partial charge in [-0.25, -0.2) is 0 Å². The molecule has 0 aliphatic rings. The molecule has 0 saturated heterocycles. The molecule has 2 aromatic rings. The molecule has 152 valence electrons. The minimum absolute atomic E-state index is 0.0214. The number of carbonyl (C=O) groups is 1. The van der Waals surface area contributed by atoms with Crippen LogP contribution in [0.4, 0.5) is 0 Å². The number of aliphatic carboxylic acids is 1. The molecule has 0 heterocycles. The predicted octanol–water partition coefficient (Wildman–Crippen LogP) is 5.17. The SMILES string of the molecule is CCOc1cc(CNC(C(=O)O)C(C)C)ccc1OCc1c(Cl)cccc1Cl. The van der Waals surface area contributed by atoms with Gasteiger partial charge in [0.1, 0.15) is 12.6 Å². The van der Waals surface area contributed by atoms with Crippen LogP contribution in [-0.2, 0) is 17.9 Å². The van der Waals surface area contributed by atoms with Crippen LogP contribution in [0.15, 0.2) is 36.4 Å². The van der Waals surface area contributed by atoms with Gasteiger partial charge in [-0.2, -0.15) is 0 Å². The van der Waals surface area contributed by atoms with Crippen molar-refractivity contribution in [3.63, 3.8) is 0 Å². The van der Waals surface area contributed by atoms with Crippen molar-refractivity contribution in [2.45, 2.75) is 40.0 Å². The molecule has 1 unspecified atom stereocenters. The Labute approximate surface area is 175 Å². The van der Waals surface area contributed by atoms with Gasteiger partial charge in [0, 0.05) is 22.2 Å². The maximum Gasteiger partial charge on any atom is 0.320 e. The van der Waals surface area contributed by atoms with E-state index in [1.807, 2.05) is 32.9 Å². The highest BCUT2D eigenvalue weighted by atomic mass is 35.5. The zero-order valence-corrected chi connectivity index (χ0v) is 17.7. The molecule has 0 aliphatic heterocycles. The Bertz CT molecular complexity index is 791. The van der Waals surface area contributed by atoms with Crippen LogP contribution in [0.5, 0.6) is 11.5 Å². The molecule has 7 heteroatoms. The van der Waals surface area contributed by atoms with Crippen LogP contribution in [0.3, 0.4) is 0 Å². The number of ether oxygens (including phenoxy) is 2. The lowest BCUT2D eigenvalue weighted by molar-refractivity contribution is -0.140. The van der Waals surface area contributed by atoms with Gasteiger partial charge in [-0.3, -0.25) is 4.79 Å². The molecule has 5 nitrogen and oxygen atoms in total. The quantitative estimate of drug-likeness (QED) is 0.549. The molecule has 0 radical (unpaired) electrons. The largest absolute Gasteiger partial charge is 0.490 e. The van der Waals surface area contributed by atoms with E-state index in [0.29, 0.717) is 40.3 Å². The van der Waals surface area contributed by atoms with E-state index in [1.54, 1.807) is 24.3 Å². The lowest BCUT2D eigenvalue weighted by atomic mass is 10.0. The zero-order chi connectivity index (χ0) is 20.7. The fourth-order valence-electron chi connectivity index (χ4n) is 2.71. The summed E-state index contributed by atoms with van der Waals surface area (Å²) in [6.07, 6.45) is 0. The van der Waals surface area contributed by atoms with Crippen molar-refractivity contribution >= 4 is 29.2 Å². The van der Waals surface area contributed by atoms with Crippen LogP contribution in [0, 0.1) is 5.92 Å². The highest BCUT2D eigenvalue weighted by Gasteiger charge is 2.20. The summed E-state index contributed by atoms with van der Waals surface area (Å²) < 4.78 is 11.6. The Balaban J connectivity index is 2.12. The maximum atomic E-state index is 11.3. The van der Waals surface area contributed by atoms with E-state index in [0.717, 1.165) is 5.56 Å². The van der Waals surface area contributed by atoms with Gasteiger partial charge in [0.05, 0.1) is 6.61 Å².